The molecular weight excluding hydrogens is 438 g/mol. The number of rotatable bonds is 3. The first-order valence-electron chi connectivity index (χ1n) is 13.0. The molecule has 1 aliphatic rings. The van der Waals surface area contributed by atoms with Crippen molar-refractivity contribution in [3.05, 3.63) is 120 Å². The Labute approximate surface area is 212 Å². The number of aromatic nitrogens is 3. The Kier molecular flexibility index (Phi) is 6.21. The third-order valence-electron chi connectivity index (χ3n) is 7.81. The van der Waals surface area contributed by atoms with E-state index >= 15 is 0 Å². The molecule has 0 fully saturated rings. The number of fused-ring (bicyclic) bond motifs is 6. The minimum Gasteiger partial charge on any atom is -0.349 e. The van der Waals surface area contributed by atoms with Gasteiger partial charge in [0.1, 0.15) is 5.82 Å². The molecule has 2 atom stereocenters. The number of nitrogens with one attached hydrogen (secondary N) is 1. The molecule has 0 aliphatic heterocycles. The van der Waals surface area contributed by atoms with Crippen LogP contribution in [0.5, 0.6) is 0 Å². The smallest absolute Gasteiger partial charge is 0.106 e. The minimum atomic E-state index is 0.561. The molecule has 7 rings (SSSR count). The Hall–Kier alpha value is -3.98. The van der Waals surface area contributed by atoms with Gasteiger partial charge in [-0.25, -0.2) is 4.98 Å². The number of nitrogens with zero attached hydrogens (tertiary/aromatic N) is 2. The third kappa shape index (κ3) is 4.26. The summed E-state index contributed by atoms with van der Waals surface area (Å²) in [6.07, 6.45) is 10.3. The fourth-order valence-electron chi connectivity index (χ4n) is 5.98. The van der Waals surface area contributed by atoms with Crippen molar-refractivity contribution < 1.29 is 0 Å². The number of aromatic amines is 1. The van der Waals surface area contributed by atoms with Gasteiger partial charge in [-0.2, -0.15) is 0 Å². The molecule has 1 aliphatic carbocycles. The predicted octanol–water partition coefficient (Wildman–Crippen LogP) is 8.25. The second-order valence-corrected chi connectivity index (χ2v) is 9.76. The Balaban J connectivity index is 0.000000200. The van der Waals surface area contributed by atoms with Crippen molar-refractivity contribution in [1.29, 1.82) is 0 Å². The fourth-order valence-corrected chi connectivity index (χ4v) is 5.98. The molecule has 2 aromatic heterocycles. The first-order valence-corrected chi connectivity index (χ1v) is 13.0. The molecule has 6 aromatic rings. The van der Waals surface area contributed by atoms with Gasteiger partial charge in [-0.15, -0.1) is 0 Å². The lowest BCUT2D eigenvalue weighted by Crippen LogP contribution is -2.23. The van der Waals surface area contributed by atoms with Crippen LogP contribution < -0.4 is 0 Å². The first kappa shape index (κ1) is 22.5. The Morgan fingerprint density at radius 1 is 0.750 bits per heavy atom. The summed E-state index contributed by atoms with van der Waals surface area (Å²) >= 11 is 0. The number of hydrogen-bond donors (Lipinski definition) is 1. The molecule has 178 valence electrons. The molecule has 3 heteroatoms. The average Bonchev–Trinajstić information content (AvgIpc) is 3.46. The van der Waals surface area contributed by atoms with Gasteiger partial charge >= 0.3 is 0 Å². The molecule has 2 unspecified atom stereocenters. The molecule has 2 heterocycles. The summed E-state index contributed by atoms with van der Waals surface area (Å²) < 4.78 is 0. The fraction of sp³-hybridized carbons (Fsp3) is 0.212. The zero-order chi connectivity index (χ0) is 24.3. The highest BCUT2D eigenvalue weighted by atomic mass is 14.9. The van der Waals surface area contributed by atoms with Crippen molar-refractivity contribution >= 4 is 32.4 Å². The van der Waals surface area contributed by atoms with Gasteiger partial charge < -0.3 is 4.98 Å². The maximum absolute atomic E-state index is 4.50. The SMILES string of the molecule is CCC1CCc2c(ccc3c2ccc2ccccc23)C1Cc1ncc[nH]1.c1ccc2ncccc2c1. The van der Waals surface area contributed by atoms with Gasteiger partial charge in [-0.1, -0.05) is 86.1 Å². The normalized spacial score (nSPS) is 17.0. The highest BCUT2D eigenvalue weighted by Gasteiger charge is 2.30. The maximum atomic E-state index is 4.50. The summed E-state index contributed by atoms with van der Waals surface area (Å²) in [5, 5.41) is 6.74. The van der Waals surface area contributed by atoms with Crippen molar-refractivity contribution in [2.24, 2.45) is 5.92 Å². The van der Waals surface area contributed by atoms with Crippen LogP contribution in [0.25, 0.3) is 32.4 Å². The quantitative estimate of drug-likeness (QED) is 0.265. The standard InChI is InChI=1S/C24H24N2.C9H7N/c1-2-16-7-9-21-20-10-8-17-5-3-4-6-18(17)19(20)11-12-22(21)23(16)15-24-25-13-14-26-24;1-2-6-9-8(4-1)5-3-7-10-9/h3-6,8,10-14,16,23H,2,7,9,15H2,1H3,(H,25,26);1-7H. The molecule has 1 N–H and O–H groups in total. The minimum absolute atomic E-state index is 0.561. The molecule has 0 bridgehead atoms. The van der Waals surface area contributed by atoms with E-state index in [2.05, 4.69) is 82.5 Å². The molecule has 4 aromatic carbocycles. The summed E-state index contributed by atoms with van der Waals surface area (Å²) in [5.41, 5.74) is 4.17. The lowest BCUT2D eigenvalue weighted by molar-refractivity contribution is 0.356. The van der Waals surface area contributed by atoms with Gasteiger partial charge in [0.05, 0.1) is 5.52 Å². The summed E-state index contributed by atoms with van der Waals surface area (Å²) in [7, 11) is 0. The molecule has 0 amide bonds. The highest BCUT2D eigenvalue weighted by Crippen LogP contribution is 2.43. The van der Waals surface area contributed by atoms with E-state index in [1.807, 2.05) is 42.9 Å². The third-order valence-corrected chi connectivity index (χ3v) is 7.81. The predicted molar refractivity (Wildman–Crippen MR) is 150 cm³/mol. The van der Waals surface area contributed by atoms with Crippen molar-refractivity contribution in [1.82, 2.24) is 15.0 Å². The molecule has 0 saturated carbocycles. The van der Waals surface area contributed by atoms with E-state index in [1.54, 1.807) is 11.1 Å². The second kappa shape index (κ2) is 9.94. The van der Waals surface area contributed by atoms with Crippen LogP contribution in [-0.2, 0) is 12.8 Å². The van der Waals surface area contributed by atoms with Gasteiger partial charge in [0, 0.05) is 30.4 Å². The Morgan fingerprint density at radius 2 is 1.56 bits per heavy atom. The van der Waals surface area contributed by atoms with E-state index in [4.69, 9.17) is 0 Å². The monoisotopic (exact) mass is 469 g/mol. The van der Waals surface area contributed by atoms with Crippen LogP contribution in [0.3, 0.4) is 0 Å². The zero-order valence-electron chi connectivity index (χ0n) is 20.7. The van der Waals surface area contributed by atoms with Crippen molar-refractivity contribution in [3.63, 3.8) is 0 Å². The number of hydrogen-bond acceptors (Lipinski definition) is 2. The molecule has 3 nitrogen and oxygen atoms in total. The van der Waals surface area contributed by atoms with Gasteiger partial charge in [0.2, 0.25) is 0 Å². The average molecular weight is 470 g/mol. The summed E-state index contributed by atoms with van der Waals surface area (Å²) in [6, 6.07) is 30.2. The van der Waals surface area contributed by atoms with E-state index in [0.717, 1.165) is 23.7 Å². The number of para-hydroxylation sites is 1. The summed E-state index contributed by atoms with van der Waals surface area (Å²) in [6.45, 7) is 2.33. The molecule has 0 spiro atoms. The Morgan fingerprint density at radius 3 is 2.39 bits per heavy atom. The van der Waals surface area contributed by atoms with Crippen LogP contribution in [-0.4, -0.2) is 15.0 Å². The summed E-state index contributed by atoms with van der Waals surface area (Å²) in [4.78, 5) is 12.0. The van der Waals surface area contributed by atoms with Crippen LogP contribution >= 0.6 is 0 Å². The molecule has 0 saturated heterocycles. The largest absolute Gasteiger partial charge is 0.349 e. The van der Waals surface area contributed by atoms with Crippen LogP contribution in [0.15, 0.2) is 104 Å². The van der Waals surface area contributed by atoms with Gasteiger partial charge in [-0.3, -0.25) is 4.98 Å². The van der Waals surface area contributed by atoms with E-state index in [0.29, 0.717) is 5.92 Å². The van der Waals surface area contributed by atoms with Crippen LogP contribution in [0, 0.1) is 5.92 Å². The van der Waals surface area contributed by atoms with Gasteiger partial charge in [0.25, 0.3) is 0 Å². The topological polar surface area (TPSA) is 41.6 Å². The lowest BCUT2D eigenvalue weighted by Gasteiger charge is -2.34. The van der Waals surface area contributed by atoms with Crippen LogP contribution in [0.1, 0.15) is 42.6 Å². The van der Waals surface area contributed by atoms with Crippen molar-refractivity contribution in [2.45, 2.75) is 38.5 Å². The molecule has 0 radical (unpaired) electrons. The first-order chi connectivity index (χ1) is 17.8. The van der Waals surface area contributed by atoms with Crippen molar-refractivity contribution in [2.75, 3.05) is 0 Å². The van der Waals surface area contributed by atoms with Crippen LogP contribution in [0.2, 0.25) is 0 Å². The van der Waals surface area contributed by atoms with E-state index in [9.17, 15) is 0 Å². The highest BCUT2D eigenvalue weighted by molar-refractivity contribution is 6.08. The zero-order valence-corrected chi connectivity index (χ0v) is 20.7. The number of imidazole rings is 1. The van der Waals surface area contributed by atoms with Crippen molar-refractivity contribution in [3.8, 4) is 0 Å². The molecule has 36 heavy (non-hydrogen) atoms. The number of pyridine rings is 1. The lowest BCUT2D eigenvalue weighted by atomic mass is 9.71. The van der Waals surface area contributed by atoms with E-state index in [-0.39, 0.29) is 0 Å². The summed E-state index contributed by atoms with van der Waals surface area (Å²) in [5.74, 6) is 2.41. The van der Waals surface area contributed by atoms with Gasteiger partial charge in [0.15, 0.2) is 0 Å². The number of H-pyrrole nitrogens is 1. The van der Waals surface area contributed by atoms with E-state index < -0.39 is 0 Å². The second-order valence-electron chi connectivity index (χ2n) is 9.76. The maximum Gasteiger partial charge on any atom is 0.106 e. The number of benzene rings is 4. The Bertz CT molecular complexity index is 1550. The van der Waals surface area contributed by atoms with Crippen LogP contribution in [0.4, 0.5) is 0 Å². The number of aryl methyl sites for hydroxylation is 1. The van der Waals surface area contributed by atoms with E-state index in [1.165, 1.54) is 46.2 Å². The molecular formula is C33H31N3. The van der Waals surface area contributed by atoms with Gasteiger partial charge in [-0.05, 0) is 69.5 Å².